The number of halogens is 2. The van der Waals surface area contributed by atoms with Gasteiger partial charge in [0.05, 0.1) is 0 Å². The van der Waals surface area contributed by atoms with Crippen molar-refractivity contribution in [3.05, 3.63) is 34.6 Å². The minimum absolute atomic E-state index is 0.0344. The minimum atomic E-state index is -0.284. The number of amides is 1. The van der Waals surface area contributed by atoms with Crippen LogP contribution in [0.2, 0.25) is 5.02 Å². The molecule has 3 nitrogen and oxygen atoms in total. The number of nitrogens with zero attached hydrogens (tertiary/aromatic N) is 1. The van der Waals surface area contributed by atoms with Crippen LogP contribution in [0.25, 0.3) is 0 Å². The van der Waals surface area contributed by atoms with Crippen molar-refractivity contribution in [3.63, 3.8) is 0 Å². The second kappa shape index (κ2) is 7.34. The Hall–Kier alpha value is -1.13. The molecule has 0 heterocycles. The Balaban J connectivity index is 2.42. The van der Waals surface area contributed by atoms with Crippen LogP contribution in [0.1, 0.15) is 18.4 Å². The first-order valence-electron chi connectivity index (χ1n) is 5.86. The third-order valence-corrected chi connectivity index (χ3v) is 3.04. The van der Waals surface area contributed by atoms with Gasteiger partial charge >= 0.3 is 0 Å². The van der Waals surface area contributed by atoms with Crippen LogP contribution in [-0.4, -0.2) is 31.4 Å². The summed E-state index contributed by atoms with van der Waals surface area (Å²) in [6.07, 6.45) is 1.26. The molecule has 0 radical (unpaired) electrons. The molecule has 1 N–H and O–H groups in total. The van der Waals surface area contributed by atoms with Gasteiger partial charge in [0, 0.05) is 25.0 Å². The van der Waals surface area contributed by atoms with Crippen LogP contribution in [-0.2, 0) is 11.3 Å². The van der Waals surface area contributed by atoms with Crippen LogP contribution >= 0.6 is 11.6 Å². The molecule has 18 heavy (non-hydrogen) atoms. The number of hydrogen-bond donors (Lipinski definition) is 1. The Morgan fingerprint density at radius 3 is 2.89 bits per heavy atom. The highest BCUT2D eigenvalue weighted by molar-refractivity contribution is 6.31. The number of benzene rings is 1. The highest BCUT2D eigenvalue weighted by Crippen LogP contribution is 2.18. The lowest BCUT2D eigenvalue weighted by atomic mass is 10.2. The zero-order valence-corrected chi connectivity index (χ0v) is 11.4. The molecule has 0 aliphatic carbocycles. The number of rotatable bonds is 6. The molecule has 5 heteroatoms. The maximum atomic E-state index is 13.1. The van der Waals surface area contributed by atoms with Crippen LogP contribution in [0.3, 0.4) is 0 Å². The molecule has 0 aromatic heterocycles. The quantitative estimate of drug-likeness (QED) is 0.863. The van der Waals surface area contributed by atoms with Crippen molar-refractivity contribution in [1.29, 1.82) is 0 Å². The van der Waals surface area contributed by atoms with Gasteiger partial charge in [-0.3, -0.25) is 4.79 Å². The van der Waals surface area contributed by atoms with Gasteiger partial charge in [0.25, 0.3) is 0 Å². The topological polar surface area (TPSA) is 32.3 Å². The SMILES string of the molecule is CNC(=O)CCCN(C)Cc1cc(F)ccc1Cl. The number of carbonyl (C=O) groups excluding carboxylic acids is 1. The summed E-state index contributed by atoms with van der Waals surface area (Å²) in [6, 6.07) is 4.35. The zero-order valence-electron chi connectivity index (χ0n) is 10.7. The Kier molecular flexibility index (Phi) is 6.09. The fourth-order valence-corrected chi connectivity index (χ4v) is 1.85. The van der Waals surface area contributed by atoms with Gasteiger partial charge in [0.1, 0.15) is 5.82 Å². The molecule has 1 rings (SSSR count). The lowest BCUT2D eigenvalue weighted by molar-refractivity contribution is -0.120. The van der Waals surface area contributed by atoms with Crippen LogP contribution < -0.4 is 5.32 Å². The molecular weight excluding hydrogens is 255 g/mol. The zero-order chi connectivity index (χ0) is 13.5. The minimum Gasteiger partial charge on any atom is -0.359 e. The second-order valence-corrected chi connectivity index (χ2v) is 4.66. The van der Waals surface area contributed by atoms with E-state index in [-0.39, 0.29) is 11.7 Å². The molecule has 0 atom stereocenters. The van der Waals surface area contributed by atoms with Crippen LogP contribution in [0.5, 0.6) is 0 Å². The molecule has 0 spiro atoms. The summed E-state index contributed by atoms with van der Waals surface area (Å²) in [6.45, 7) is 1.34. The van der Waals surface area contributed by atoms with Gasteiger partial charge in [-0.2, -0.15) is 0 Å². The molecule has 0 fully saturated rings. The molecule has 1 amide bonds. The lowest BCUT2D eigenvalue weighted by Crippen LogP contribution is -2.23. The predicted octanol–water partition coefficient (Wildman–Crippen LogP) is 2.44. The van der Waals surface area contributed by atoms with Gasteiger partial charge in [0.2, 0.25) is 5.91 Å². The van der Waals surface area contributed by atoms with E-state index in [2.05, 4.69) is 5.32 Å². The molecule has 0 saturated carbocycles. The van der Waals surface area contributed by atoms with Crippen molar-refractivity contribution in [1.82, 2.24) is 10.2 Å². The summed E-state index contributed by atoms with van der Waals surface area (Å²) >= 11 is 5.99. The molecule has 1 aromatic carbocycles. The van der Waals surface area contributed by atoms with Gasteiger partial charge in [-0.25, -0.2) is 4.39 Å². The summed E-state index contributed by atoms with van der Waals surface area (Å²) < 4.78 is 13.1. The average Bonchev–Trinajstić information content (AvgIpc) is 2.33. The lowest BCUT2D eigenvalue weighted by Gasteiger charge is -2.17. The fraction of sp³-hybridized carbons (Fsp3) is 0.462. The van der Waals surface area contributed by atoms with E-state index in [9.17, 15) is 9.18 Å². The summed E-state index contributed by atoms with van der Waals surface area (Å²) in [7, 11) is 3.55. The number of carbonyl (C=O) groups is 1. The van der Waals surface area contributed by atoms with Gasteiger partial charge < -0.3 is 10.2 Å². The smallest absolute Gasteiger partial charge is 0.219 e. The van der Waals surface area contributed by atoms with E-state index in [1.165, 1.54) is 12.1 Å². The molecule has 0 aliphatic rings. The average molecular weight is 273 g/mol. The molecule has 1 aromatic rings. The standard InChI is InChI=1S/C13H18ClFN2O/c1-16-13(18)4-3-7-17(2)9-10-8-11(15)5-6-12(10)14/h5-6,8H,3-4,7,9H2,1-2H3,(H,16,18). The summed E-state index contributed by atoms with van der Waals surface area (Å²) in [5, 5.41) is 3.14. The number of hydrogen-bond acceptors (Lipinski definition) is 2. The van der Waals surface area contributed by atoms with Crippen molar-refractivity contribution in [2.45, 2.75) is 19.4 Å². The fourth-order valence-electron chi connectivity index (χ4n) is 1.67. The summed E-state index contributed by atoms with van der Waals surface area (Å²) in [4.78, 5) is 13.1. The molecule has 0 aliphatic heterocycles. The van der Waals surface area contributed by atoms with Crippen LogP contribution in [0.15, 0.2) is 18.2 Å². The molecule has 0 unspecified atom stereocenters. The van der Waals surface area contributed by atoms with E-state index in [4.69, 9.17) is 11.6 Å². The first-order valence-corrected chi connectivity index (χ1v) is 6.23. The van der Waals surface area contributed by atoms with E-state index in [0.29, 0.717) is 18.0 Å². The van der Waals surface area contributed by atoms with Gasteiger partial charge in [-0.1, -0.05) is 11.6 Å². The Labute approximate surface area is 112 Å². The largest absolute Gasteiger partial charge is 0.359 e. The first kappa shape index (κ1) is 14.9. The van der Waals surface area contributed by atoms with Crippen molar-refractivity contribution in [3.8, 4) is 0 Å². The monoisotopic (exact) mass is 272 g/mol. The van der Waals surface area contributed by atoms with Crippen molar-refractivity contribution >= 4 is 17.5 Å². The van der Waals surface area contributed by atoms with Crippen molar-refractivity contribution < 1.29 is 9.18 Å². The van der Waals surface area contributed by atoms with Gasteiger partial charge in [0.15, 0.2) is 0 Å². The van der Waals surface area contributed by atoms with Crippen molar-refractivity contribution in [2.75, 3.05) is 20.6 Å². The third kappa shape index (κ3) is 5.02. The predicted molar refractivity (Wildman–Crippen MR) is 71.0 cm³/mol. The molecule has 100 valence electrons. The van der Waals surface area contributed by atoms with Crippen LogP contribution in [0, 0.1) is 5.82 Å². The maximum Gasteiger partial charge on any atom is 0.219 e. The van der Waals surface area contributed by atoms with Gasteiger partial charge in [-0.15, -0.1) is 0 Å². The van der Waals surface area contributed by atoms with E-state index in [0.717, 1.165) is 18.5 Å². The molecule has 0 saturated heterocycles. The van der Waals surface area contributed by atoms with Crippen molar-refractivity contribution in [2.24, 2.45) is 0 Å². The highest BCUT2D eigenvalue weighted by Gasteiger charge is 2.06. The van der Waals surface area contributed by atoms with E-state index in [1.807, 2.05) is 11.9 Å². The van der Waals surface area contributed by atoms with Crippen LogP contribution in [0.4, 0.5) is 4.39 Å². The Bertz CT molecular complexity index is 412. The normalized spacial score (nSPS) is 10.7. The van der Waals surface area contributed by atoms with E-state index >= 15 is 0 Å². The molecular formula is C13H18ClFN2O. The first-order chi connectivity index (χ1) is 8.52. The summed E-state index contributed by atoms with van der Waals surface area (Å²) in [5.41, 5.74) is 0.763. The number of nitrogens with one attached hydrogen (secondary N) is 1. The Morgan fingerprint density at radius 2 is 2.22 bits per heavy atom. The maximum absolute atomic E-state index is 13.1. The second-order valence-electron chi connectivity index (χ2n) is 4.25. The third-order valence-electron chi connectivity index (χ3n) is 2.67. The van der Waals surface area contributed by atoms with Gasteiger partial charge in [-0.05, 0) is 43.8 Å². The molecule has 0 bridgehead atoms. The van der Waals surface area contributed by atoms with E-state index < -0.39 is 0 Å². The summed E-state index contributed by atoms with van der Waals surface area (Å²) in [5.74, 6) is -0.250. The Morgan fingerprint density at radius 1 is 1.50 bits per heavy atom. The van der Waals surface area contributed by atoms with E-state index in [1.54, 1.807) is 13.1 Å². The highest BCUT2D eigenvalue weighted by atomic mass is 35.5.